The van der Waals surface area contributed by atoms with Crippen molar-refractivity contribution in [3.63, 3.8) is 0 Å². The molecule has 20 heavy (non-hydrogen) atoms. The molecule has 1 aliphatic rings. The number of nitrogens with zero attached hydrogens (tertiary/aromatic N) is 1. The lowest BCUT2D eigenvalue weighted by molar-refractivity contribution is -0.0405. The minimum Gasteiger partial charge on any atom is -0.490 e. The van der Waals surface area contributed by atoms with Gasteiger partial charge in [-0.15, -0.1) is 0 Å². The molecule has 1 aromatic carbocycles. The lowest BCUT2D eigenvalue weighted by Gasteiger charge is -2.30. The van der Waals surface area contributed by atoms with Crippen molar-refractivity contribution in [3.8, 4) is 5.75 Å². The third-order valence-corrected chi connectivity index (χ3v) is 3.46. The number of hydrogen-bond donors (Lipinski definition) is 1. The third kappa shape index (κ3) is 3.49. The van der Waals surface area contributed by atoms with E-state index in [1.165, 1.54) is 0 Å². The van der Waals surface area contributed by atoms with Crippen molar-refractivity contribution in [3.05, 3.63) is 28.8 Å². The van der Waals surface area contributed by atoms with Crippen LogP contribution < -0.4 is 4.74 Å². The van der Waals surface area contributed by atoms with Crippen molar-refractivity contribution >= 4 is 5.97 Å². The molecule has 0 aromatic heterocycles. The van der Waals surface area contributed by atoms with Crippen LogP contribution in [0.5, 0.6) is 5.75 Å². The number of benzene rings is 1. The number of carboxylic acid groups (broad SMARTS) is 1. The molecule has 0 amide bonds. The van der Waals surface area contributed by atoms with E-state index in [0.29, 0.717) is 12.2 Å². The lowest BCUT2D eigenvalue weighted by atomic mass is 10.1. The van der Waals surface area contributed by atoms with Crippen molar-refractivity contribution in [2.45, 2.75) is 20.0 Å². The molecule has 2 rings (SSSR count). The Labute approximate surface area is 119 Å². The van der Waals surface area contributed by atoms with Gasteiger partial charge in [-0.3, -0.25) is 0 Å². The van der Waals surface area contributed by atoms with E-state index in [1.807, 2.05) is 13.8 Å². The van der Waals surface area contributed by atoms with Gasteiger partial charge >= 0.3 is 5.97 Å². The molecule has 0 aliphatic carbocycles. The zero-order chi connectivity index (χ0) is 14.7. The molecule has 0 bridgehead atoms. The average molecular weight is 279 g/mol. The predicted octanol–water partition coefficient (Wildman–Crippen LogP) is 1.71. The van der Waals surface area contributed by atoms with E-state index in [4.69, 9.17) is 14.6 Å². The Hall–Kier alpha value is -1.59. The van der Waals surface area contributed by atoms with Gasteiger partial charge < -0.3 is 19.5 Å². The molecule has 0 spiro atoms. The molecule has 1 heterocycles. The molecule has 1 fully saturated rings. The van der Waals surface area contributed by atoms with Crippen LogP contribution >= 0.6 is 0 Å². The number of hydrogen-bond acceptors (Lipinski definition) is 4. The fraction of sp³-hybridized carbons (Fsp3) is 0.533. The van der Waals surface area contributed by atoms with Crippen molar-refractivity contribution in [2.24, 2.45) is 0 Å². The van der Waals surface area contributed by atoms with E-state index in [2.05, 4.69) is 11.9 Å². The highest BCUT2D eigenvalue weighted by molar-refractivity contribution is 5.88. The molecule has 1 aliphatic heterocycles. The van der Waals surface area contributed by atoms with Crippen LogP contribution in [0.1, 0.15) is 21.5 Å². The third-order valence-electron chi connectivity index (χ3n) is 3.46. The predicted molar refractivity (Wildman–Crippen MR) is 75.6 cm³/mol. The number of carboxylic acids is 1. The Morgan fingerprint density at radius 1 is 1.45 bits per heavy atom. The van der Waals surface area contributed by atoms with Crippen LogP contribution in [-0.4, -0.2) is 55.4 Å². The summed E-state index contributed by atoms with van der Waals surface area (Å²) < 4.78 is 11.5. The highest BCUT2D eigenvalue weighted by Gasteiger charge is 2.19. The van der Waals surface area contributed by atoms with E-state index in [-0.39, 0.29) is 6.10 Å². The minimum absolute atomic E-state index is 0.0618. The van der Waals surface area contributed by atoms with Crippen molar-refractivity contribution in [1.82, 2.24) is 4.90 Å². The smallest absolute Gasteiger partial charge is 0.335 e. The second-order valence-electron chi connectivity index (χ2n) is 5.31. The number of morpholine rings is 1. The monoisotopic (exact) mass is 279 g/mol. The molecule has 1 aromatic rings. The molecular formula is C15H21NO4. The van der Waals surface area contributed by atoms with E-state index in [1.54, 1.807) is 12.1 Å². The highest BCUT2D eigenvalue weighted by atomic mass is 16.5. The standard InChI is InChI=1S/C15H21NO4/c1-10-6-12(15(17)18)7-11(2)14(10)20-9-13-8-16(3)4-5-19-13/h6-7,13H,4-5,8-9H2,1-3H3,(H,17,18). The molecule has 5 nitrogen and oxygen atoms in total. The zero-order valence-electron chi connectivity index (χ0n) is 12.2. The van der Waals surface area contributed by atoms with Crippen LogP contribution in [-0.2, 0) is 4.74 Å². The molecule has 1 unspecified atom stereocenters. The summed E-state index contributed by atoms with van der Waals surface area (Å²) in [6, 6.07) is 3.27. The van der Waals surface area contributed by atoms with E-state index >= 15 is 0 Å². The van der Waals surface area contributed by atoms with Crippen LogP contribution in [0.2, 0.25) is 0 Å². The Morgan fingerprint density at radius 3 is 2.65 bits per heavy atom. The Morgan fingerprint density at radius 2 is 2.10 bits per heavy atom. The van der Waals surface area contributed by atoms with Gasteiger partial charge in [-0.2, -0.15) is 0 Å². The van der Waals surface area contributed by atoms with Crippen LogP contribution in [0.3, 0.4) is 0 Å². The Balaban J connectivity index is 2.04. The largest absolute Gasteiger partial charge is 0.490 e. The van der Waals surface area contributed by atoms with Gasteiger partial charge in [0.05, 0.1) is 12.2 Å². The van der Waals surface area contributed by atoms with Gasteiger partial charge in [0.15, 0.2) is 0 Å². The number of aryl methyl sites for hydroxylation is 2. The van der Waals surface area contributed by atoms with Gasteiger partial charge in [-0.1, -0.05) is 0 Å². The summed E-state index contributed by atoms with van der Waals surface area (Å²) in [6.45, 7) is 6.73. The SMILES string of the molecule is Cc1cc(C(=O)O)cc(C)c1OCC1CN(C)CCO1. The van der Waals surface area contributed by atoms with Gasteiger partial charge in [0.1, 0.15) is 18.5 Å². The molecule has 1 saturated heterocycles. The summed E-state index contributed by atoms with van der Waals surface area (Å²) in [4.78, 5) is 13.2. The molecule has 0 saturated carbocycles. The Bertz CT molecular complexity index is 478. The summed E-state index contributed by atoms with van der Waals surface area (Å²) in [5.41, 5.74) is 1.97. The fourth-order valence-electron chi connectivity index (χ4n) is 2.45. The quantitative estimate of drug-likeness (QED) is 0.909. The number of aromatic carboxylic acids is 1. The topological polar surface area (TPSA) is 59.0 Å². The van der Waals surface area contributed by atoms with Crippen LogP contribution in [0.25, 0.3) is 0 Å². The number of rotatable bonds is 4. The highest BCUT2D eigenvalue weighted by Crippen LogP contribution is 2.25. The van der Waals surface area contributed by atoms with Crippen LogP contribution in [0, 0.1) is 13.8 Å². The van der Waals surface area contributed by atoms with Gasteiger partial charge in [0.25, 0.3) is 0 Å². The van der Waals surface area contributed by atoms with Gasteiger partial charge in [0.2, 0.25) is 0 Å². The maximum atomic E-state index is 11.0. The first kappa shape index (κ1) is 14.8. The first-order valence-corrected chi connectivity index (χ1v) is 6.75. The number of ether oxygens (including phenoxy) is 2. The molecule has 110 valence electrons. The zero-order valence-corrected chi connectivity index (χ0v) is 12.2. The molecule has 1 atom stereocenters. The average Bonchev–Trinajstić information content (AvgIpc) is 2.37. The minimum atomic E-state index is -0.917. The van der Waals surface area contributed by atoms with Crippen molar-refractivity contribution in [2.75, 3.05) is 33.4 Å². The van der Waals surface area contributed by atoms with Gasteiger partial charge in [-0.25, -0.2) is 4.79 Å². The summed E-state index contributed by atoms with van der Waals surface area (Å²) in [5.74, 6) is -0.160. The molecule has 1 N–H and O–H groups in total. The van der Waals surface area contributed by atoms with E-state index in [9.17, 15) is 4.79 Å². The molecular weight excluding hydrogens is 258 g/mol. The Kier molecular flexibility index (Phi) is 4.62. The van der Waals surface area contributed by atoms with Gasteiger partial charge in [-0.05, 0) is 44.2 Å². The summed E-state index contributed by atoms with van der Waals surface area (Å²) in [5, 5.41) is 9.02. The van der Waals surface area contributed by atoms with Gasteiger partial charge in [0, 0.05) is 13.1 Å². The molecule has 0 radical (unpaired) electrons. The number of carbonyl (C=O) groups is 1. The first-order chi connectivity index (χ1) is 9.47. The summed E-state index contributed by atoms with van der Waals surface area (Å²) in [7, 11) is 2.06. The second kappa shape index (κ2) is 6.24. The maximum Gasteiger partial charge on any atom is 0.335 e. The van der Waals surface area contributed by atoms with Crippen molar-refractivity contribution < 1.29 is 19.4 Å². The first-order valence-electron chi connectivity index (χ1n) is 6.75. The molecule has 5 heteroatoms. The fourth-order valence-corrected chi connectivity index (χ4v) is 2.45. The van der Waals surface area contributed by atoms with Crippen LogP contribution in [0.15, 0.2) is 12.1 Å². The number of likely N-dealkylation sites (N-methyl/N-ethyl adjacent to an activating group) is 1. The van der Waals surface area contributed by atoms with E-state index in [0.717, 1.165) is 36.6 Å². The summed E-state index contributed by atoms with van der Waals surface area (Å²) in [6.07, 6.45) is 0.0618. The van der Waals surface area contributed by atoms with Crippen molar-refractivity contribution in [1.29, 1.82) is 0 Å². The maximum absolute atomic E-state index is 11.0. The second-order valence-corrected chi connectivity index (χ2v) is 5.31. The normalized spacial score (nSPS) is 19.9. The van der Waals surface area contributed by atoms with Crippen LogP contribution in [0.4, 0.5) is 0 Å². The summed E-state index contributed by atoms with van der Waals surface area (Å²) >= 11 is 0. The lowest BCUT2D eigenvalue weighted by Crippen LogP contribution is -2.42. The van der Waals surface area contributed by atoms with E-state index < -0.39 is 5.97 Å².